The van der Waals surface area contributed by atoms with Crippen molar-refractivity contribution in [1.29, 1.82) is 0 Å². The van der Waals surface area contributed by atoms with E-state index in [0.717, 1.165) is 30.8 Å². The Morgan fingerprint density at radius 3 is 3.29 bits per heavy atom. The van der Waals surface area contributed by atoms with Crippen molar-refractivity contribution in [3.8, 4) is 0 Å². The average molecular weight is 188 g/mol. The molecule has 1 atom stereocenters. The highest BCUT2D eigenvalue weighted by Crippen LogP contribution is 2.27. The Morgan fingerprint density at radius 2 is 2.43 bits per heavy atom. The first-order chi connectivity index (χ1) is 6.95. The molecule has 3 nitrogen and oxygen atoms in total. The molecule has 0 spiro atoms. The second-order valence-corrected chi connectivity index (χ2v) is 3.61. The molecule has 14 heavy (non-hydrogen) atoms. The lowest BCUT2D eigenvalue weighted by Crippen LogP contribution is -2.01. The van der Waals surface area contributed by atoms with E-state index >= 15 is 0 Å². The van der Waals surface area contributed by atoms with Gasteiger partial charge < -0.3 is 9.14 Å². The van der Waals surface area contributed by atoms with Gasteiger partial charge in [0.1, 0.15) is 11.9 Å². The summed E-state index contributed by atoms with van der Waals surface area (Å²) in [5.41, 5.74) is 1.14. The van der Waals surface area contributed by atoms with Crippen molar-refractivity contribution in [2.75, 3.05) is 6.61 Å². The molecule has 2 aromatic heterocycles. The molecule has 0 radical (unpaired) electrons. The molecular weight excluding hydrogens is 176 g/mol. The van der Waals surface area contributed by atoms with E-state index in [0.29, 0.717) is 0 Å². The molecule has 1 fully saturated rings. The van der Waals surface area contributed by atoms with E-state index in [-0.39, 0.29) is 6.10 Å². The van der Waals surface area contributed by atoms with Crippen LogP contribution < -0.4 is 0 Å². The molecule has 0 saturated carbocycles. The van der Waals surface area contributed by atoms with Crippen LogP contribution in [0.1, 0.15) is 24.8 Å². The molecule has 0 aromatic carbocycles. The Hall–Kier alpha value is -1.35. The number of pyridine rings is 1. The van der Waals surface area contributed by atoms with E-state index < -0.39 is 0 Å². The highest BCUT2D eigenvalue weighted by Gasteiger charge is 2.21. The zero-order valence-corrected chi connectivity index (χ0v) is 7.89. The van der Waals surface area contributed by atoms with Gasteiger partial charge in [0.05, 0.1) is 11.7 Å². The Labute approximate surface area is 82.3 Å². The number of fused-ring (bicyclic) bond motifs is 1. The maximum Gasteiger partial charge on any atom is 0.142 e. The third kappa shape index (κ3) is 1.13. The monoisotopic (exact) mass is 188 g/mol. The van der Waals surface area contributed by atoms with Gasteiger partial charge in [-0.15, -0.1) is 0 Å². The van der Waals surface area contributed by atoms with Gasteiger partial charge in [-0.2, -0.15) is 0 Å². The number of rotatable bonds is 1. The Kier molecular flexibility index (Phi) is 1.77. The van der Waals surface area contributed by atoms with Crippen molar-refractivity contribution >= 4 is 5.52 Å². The maximum absolute atomic E-state index is 5.62. The van der Waals surface area contributed by atoms with Crippen molar-refractivity contribution in [1.82, 2.24) is 9.38 Å². The van der Waals surface area contributed by atoms with Gasteiger partial charge in [-0.3, -0.25) is 0 Å². The molecule has 3 rings (SSSR count). The first-order valence-electron chi connectivity index (χ1n) is 4.99. The largest absolute Gasteiger partial charge is 0.370 e. The predicted molar refractivity (Wildman–Crippen MR) is 53.1 cm³/mol. The van der Waals surface area contributed by atoms with Gasteiger partial charge in [-0.05, 0) is 25.0 Å². The third-order valence-corrected chi connectivity index (χ3v) is 2.68. The summed E-state index contributed by atoms with van der Waals surface area (Å²) < 4.78 is 7.73. The molecule has 0 amide bonds. The van der Waals surface area contributed by atoms with Gasteiger partial charge in [-0.1, -0.05) is 6.07 Å². The smallest absolute Gasteiger partial charge is 0.142 e. The van der Waals surface area contributed by atoms with Crippen LogP contribution in [0.2, 0.25) is 0 Å². The molecular formula is C11H12N2O. The van der Waals surface area contributed by atoms with Crippen LogP contribution >= 0.6 is 0 Å². The van der Waals surface area contributed by atoms with Crippen LogP contribution in [0.5, 0.6) is 0 Å². The van der Waals surface area contributed by atoms with Crippen LogP contribution in [0, 0.1) is 0 Å². The van der Waals surface area contributed by atoms with Crippen molar-refractivity contribution in [2.45, 2.75) is 18.9 Å². The first-order valence-corrected chi connectivity index (χ1v) is 4.99. The van der Waals surface area contributed by atoms with Crippen molar-refractivity contribution < 1.29 is 4.74 Å². The Bertz CT molecular complexity index is 443. The molecule has 1 unspecified atom stereocenters. The summed E-state index contributed by atoms with van der Waals surface area (Å²) in [5.74, 6) is 1.04. The van der Waals surface area contributed by atoms with Crippen LogP contribution in [-0.2, 0) is 4.74 Å². The number of nitrogens with zero attached hydrogens (tertiary/aromatic N) is 2. The van der Waals surface area contributed by atoms with E-state index in [1.165, 1.54) is 0 Å². The van der Waals surface area contributed by atoms with E-state index in [1.807, 2.05) is 24.5 Å². The molecule has 0 aliphatic carbocycles. The summed E-state index contributed by atoms with van der Waals surface area (Å²) in [6.07, 6.45) is 6.37. The summed E-state index contributed by atoms with van der Waals surface area (Å²) in [6, 6.07) is 6.11. The lowest BCUT2D eigenvalue weighted by Gasteiger charge is -2.07. The lowest BCUT2D eigenvalue weighted by atomic mass is 10.2. The molecule has 0 bridgehead atoms. The minimum absolute atomic E-state index is 0.194. The van der Waals surface area contributed by atoms with Crippen LogP contribution in [0.25, 0.3) is 5.52 Å². The van der Waals surface area contributed by atoms with Crippen LogP contribution in [-0.4, -0.2) is 16.0 Å². The zero-order valence-electron chi connectivity index (χ0n) is 7.89. The minimum Gasteiger partial charge on any atom is -0.370 e. The summed E-state index contributed by atoms with van der Waals surface area (Å²) in [6.45, 7) is 0.867. The quantitative estimate of drug-likeness (QED) is 0.685. The normalized spacial score (nSPS) is 21.9. The van der Waals surface area contributed by atoms with Gasteiger partial charge >= 0.3 is 0 Å². The summed E-state index contributed by atoms with van der Waals surface area (Å²) in [7, 11) is 0. The van der Waals surface area contributed by atoms with E-state index in [4.69, 9.17) is 4.74 Å². The fourth-order valence-corrected chi connectivity index (χ4v) is 1.98. The molecule has 72 valence electrons. The highest BCUT2D eigenvalue weighted by atomic mass is 16.5. The van der Waals surface area contributed by atoms with E-state index in [2.05, 4.69) is 15.5 Å². The SMILES string of the molecule is c1ccn2c(C3CCCO3)ncc2c1. The molecule has 1 saturated heterocycles. The topological polar surface area (TPSA) is 26.5 Å². The lowest BCUT2D eigenvalue weighted by molar-refractivity contribution is 0.104. The van der Waals surface area contributed by atoms with Gasteiger partial charge in [0.15, 0.2) is 0 Å². The maximum atomic E-state index is 5.62. The molecule has 1 aliphatic heterocycles. The van der Waals surface area contributed by atoms with Crippen LogP contribution in [0.4, 0.5) is 0 Å². The van der Waals surface area contributed by atoms with Gasteiger partial charge in [-0.25, -0.2) is 4.98 Å². The minimum atomic E-state index is 0.194. The van der Waals surface area contributed by atoms with E-state index in [9.17, 15) is 0 Å². The second kappa shape index (κ2) is 3.10. The molecule has 3 heteroatoms. The van der Waals surface area contributed by atoms with Crippen molar-refractivity contribution in [3.63, 3.8) is 0 Å². The van der Waals surface area contributed by atoms with Crippen molar-refractivity contribution in [3.05, 3.63) is 36.4 Å². The highest BCUT2D eigenvalue weighted by molar-refractivity contribution is 5.45. The van der Waals surface area contributed by atoms with Crippen LogP contribution in [0.3, 0.4) is 0 Å². The number of imidazole rings is 1. The second-order valence-electron chi connectivity index (χ2n) is 3.61. The summed E-state index contributed by atoms with van der Waals surface area (Å²) in [4.78, 5) is 4.42. The Morgan fingerprint density at radius 1 is 1.43 bits per heavy atom. The molecule has 0 N–H and O–H groups in total. The number of ether oxygens (including phenoxy) is 1. The fraction of sp³-hybridized carbons (Fsp3) is 0.364. The first kappa shape index (κ1) is 8.00. The van der Waals surface area contributed by atoms with Crippen molar-refractivity contribution in [2.24, 2.45) is 0 Å². The molecule has 3 heterocycles. The number of hydrogen-bond acceptors (Lipinski definition) is 2. The average Bonchev–Trinajstić information content (AvgIpc) is 2.85. The summed E-state index contributed by atoms with van der Waals surface area (Å²) >= 11 is 0. The van der Waals surface area contributed by atoms with Gasteiger partial charge in [0.2, 0.25) is 0 Å². The Balaban J connectivity index is 2.11. The predicted octanol–water partition coefficient (Wildman–Crippen LogP) is 2.19. The zero-order chi connectivity index (χ0) is 9.38. The van der Waals surface area contributed by atoms with Crippen LogP contribution in [0.15, 0.2) is 30.6 Å². The third-order valence-electron chi connectivity index (χ3n) is 2.68. The molecule has 2 aromatic rings. The fourth-order valence-electron chi connectivity index (χ4n) is 1.98. The molecule has 1 aliphatic rings. The van der Waals surface area contributed by atoms with E-state index in [1.54, 1.807) is 0 Å². The van der Waals surface area contributed by atoms with Gasteiger partial charge in [0, 0.05) is 12.8 Å². The number of aromatic nitrogens is 2. The number of hydrogen-bond donors (Lipinski definition) is 0. The summed E-state index contributed by atoms with van der Waals surface area (Å²) in [5, 5.41) is 0. The standard InChI is InChI=1S/C11H12N2O/c1-2-6-13-9(4-1)8-12-11(13)10-5-3-7-14-10/h1-2,4,6,8,10H,3,5,7H2. The van der Waals surface area contributed by atoms with Gasteiger partial charge in [0.25, 0.3) is 0 Å².